The van der Waals surface area contributed by atoms with Crippen molar-refractivity contribution < 1.29 is 23.1 Å². The highest BCUT2D eigenvalue weighted by atomic mass is 35.5. The molecule has 6 nitrogen and oxygen atoms in total. The van der Waals surface area contributed by atoms with Crippen molar-refractivity contribution in [3.05, 3.63) is 63.7 Å². The summed E-state index contributed by atoms with van der Waals surface area (Å²) in [6.45, 7) is 3.58. The molecule has 2 N–H and O–H groups in total. The van der Waals surface area contributed by atoms with Gasteiger partial charge in [0.1, 0.15) is 11.8 Å². The number of amides is 2. The number of ether oxygens (including phenoxy) is 1. The van der Waals surface area contributed by atoms with Crippen LogP contribution < -0.4 is 15.6 Å². The van der Waals surface area contributed by atoms with E-state index in [-0.39, 0.29) is 27.8 Å². The molecule has 9 heteroatoms. The number of hydrogen-bond acceptors (Lipinski definition) is 4. The molecule has 0 radical (unpaired) electrons. The highest BCUT2D eigenvalue weighted by Crippen LogP contribution is 2.21. The van der Waals surface area contributed by atoms with E-state index < -0.39 is 23.4 Å². The van der Waals surface area contributed by atoms with E-state index in [9.17, 15) is 23.6 Å². The highest BCUT2D eigenvalue weighted by molar-refractivity contribution is 6.33. The molecule has 2 aromatic rings. The van der Waals surface area contributed by atoms with Crippen molar-refractivity contribution in [2.75, 3.05) is 0 Å². The molecule has 2 rings (SSSR count). The summed E-state index contributed by atoms with van der Waals surface area (Å²) in [7, 11) is 0. The average molecular weight is 394 g/mol. The van der Waals surface area contributed by atoms with Crippen LogP contribution in [0.4, 0.5) is 8.78 Å². The maximum atomic E-state index is 13.3. The van der Waals surface area contributed by atoms with Gasteiger partial charge in [0.05, 0.1) is 22.3 Å². The zero-order chi connectivity index (χ0) is 20.1. The van der Waals surface area contributed by atoms with Gasteiger partial charge < -0.3 is 4.74 Å². The molecule has 0 aliphatic heterocycles. The van der Waals surface area contributed by atoms with E-state index in [1.165, 1.54) is 18.2 Å². The number of nitriles is 1. The minimum atomic E-state index is -1.25. The molecule has 0 aliphatic rings. The van der Waals surface area contributed by atoms with Crippen LogP contribution in [0.15, 0.2) is 30.3 Å². The fourth-order valence-corrected chi connectivity index (χ4v) is 2.30. The van der Waals surface area contributed by atoms with Crippen molar-refractivity contribution in [3.8, 4) is 11.8 Å². The number of halogens is 3. The van der Waals surface area contributed by atoms with Gasteiger partial charge in [0.25, 0.3) is 11.8 Å². The van der Waals surface area contributed by atoms with Gasteiger partial charge in [-0.2, -0.15) is 5.26 Å². The summed E-state index contributed by atoms with van der Waals surface area (Å²) < 4.78 is 31.8. The molecule has 0 atom stereocenters. The third-order valence-electron chi connectivity index (χ3n) is 3.27. The second kappa shape index (κ2) is 8.47. The minimum absolute atomic E-state index is 0.0827. The standard InChI is InChI=1S/C18H14ClF2N3O3/c1-9(2)27-16-4-3-10(5-11(16)8-22)17(25)23-24-18(26)12-6-14(20)15(21)7-13(12)19/h3-7,9H,1-2H3,(H,23,25)(H,24,26). The molecule has 0 aromatic heterocycles. The molecule has 0 unspecified atom stereocenters. The van der Waals surface area contributed by atoms with Crippen LogP contribution in [0.1, 0.15) is 40.1 Å². The van der Waals surface area contributed by atoms with Crippen molar-refractivity contribution in [2.45, 2.75) is 20.0 Å². The number of benzene rings is 2. The highest BCUT2D eigenvalue weighted by Gasteiger charge is 2.17. The lowest BCUT2D eigenvalue weighted by atomic mass is 10.1. The summed E-state index contributed by atoms with van der Waals surface area (Å²) in [5.41, 5.74) is 4.02. The first kappa shape index (κ1) is 20.1. The maximum Gasteiger partial charge on any atom is 0.271 e. The third kappa shape index (κ3) is 4.92. The number of nitrogens with one attached hydrogen (secondary N) is 2. The third-order valence-corrected chi connectivity index (χ3v) is 3.58. The van der Waals surface area contributed by atoms with Crippen LogP contribution >= 0.6 is 11.6 Å². The van der Waals surface area contributed by atoms with E-state index in [1.807, 2.05) is 11.5 Å². The van der Waals surface area contributed by atoms with Crippen LogP contribution in [0.25, 0.3) is 0 Å². The van der Waals surface area contributed by atoms with Crippen molar-refractivity contribution in [1.29, 1.82) is 5.26 Å². The molecule has 2 amide bonds. The molecule has 0 saturated heterocycles. The maximum absolute atomic E-state index is 13.3. The van der Waals surface area contributed by atoms with Crippen molar-refractivity contribution >= 4 is 23.4 Å². The van der Waals surface area contributed by atoms with E-state index in [4.69, 9.17) is 16.3 Å². The Balaban J connectivity index is 2.11. The number of hydrazine groups is 1. The van der Waals surface area contributed by atoms with Gasteiger partial charge in [0, 0.05) is 5.56 Å². The van der Waals surface area contributed by atoms with E-state index in [0.717, 1.165) is 0 Å². The Morgan fingerprint density at radius 1 is 1.11 bits per heavy atom. The Morgan fingerprint density at radius 2 is 1.74 bits per heavy atom. The van der Waals surface area contributed by atoms with E-state index in [0.29, 0.717) is 17.9 Å². The van der Waals surface area contributed by atoms with Gasteiger partial charge in [-0.3, -0.25) is 20.4 Å². The first-order chi connectivity index (χ1) is 12.7. The second-order valence-corrected chi connectivity index (χ2v) is 6.05. The fourth-order valence-electron chi connectivity index (χ4n) is 2.06. The molecule has 140 valence electrons. The molecule has 0 fully saturated rings. The predicted octanol–water partition coefficient (Wildman–Crippen LogP) is 3.35. The number of nitrogens with zero attached hydrogens (tertiary/aromatic N) is 1. The Kier molecular flexibility index (Phi) is 6.32. The van der Waals surface area contributed by atoms with Gasteiger partial charge in [-0.25, -0.2) is 8.78 Å². The van der Waals surface area contributed by atoms with E-state index >= 15 is 0 Å². The topological polar surface area (TPSA) is 91.2 Å². The van der Waals surface area contributed by atoms with Crippen molar-refractivity contribution in [3.63, 3.8) is 0 Å². The second-order valence-electron chi connectivity index (χ2n) is 5.64. The lowest BCUT2D eigenvalue weighted by molar-refractivity contribution is 0.0846. The normalized spacial score (nSPS) is 10.3. The van der Waals surface area contributed by atoms with Gasteiger partial charge in [0.2, 0.25) is 0 Å². The first-order valence-electron chi connectivity index (χ1n) is 7.69. The van der Waals surface area contributed by atoms with E-state index in [2.05, 4.69) is 5.43 Å². The van der Waals surface area contributed by atoms with Gasteiger partial charge in [0.15, 0.2) is 11.6 Å². The zero-order valence-electron chi connectivity index (χ0n) is 14.3. The van der Waals surface area contributed by atoms with E-state index in [1.54, 1.807) is 13.8 Å². The Hall–Kier alpha value is -3.18. The summed E-state index contributed by atoms with van der Waals surface area (Å²) in [6, 6.07) is 7.35. The van der Waals surface area contributed by atoms with Crippen molar-refractivity contribution in [2.24, 2.45) is 0 Å². The SMILES string of the molecule is CC(C)Oc1ccc(C(=O)NNC(=O)c2cc(F)c(F)cc2Cl)cc1C#N. The van der Waals surface area contributed by atoms with Gasteiger partial charge in [-0.15, -0.1) is 0 Å². The smallest absolute Gasteiger partial charge is 0.271 e. The molecular weight excluding hydrogens is 380 g/mol. The molecule has 27 heavy (non-hydrogen) atoms. The van der Waals surface area contributed by atoms with Crippen LogP contribution in [0, 0.1) is 23.0 Å². The summed E-state index contributed by atoms with van der Waals surface area (Å²) >= 11 is 5.70. The number of hydrogen-bond donors (Lipinski definition) is 2. The van der Waals surface area contributed by atoms with Gasteiger partial charge >= 0.3 is 0 Å². The Labute approximate surface area is 158 Å². The Bertz CT molecular complexity index is 942. The Morgan fingerprint density at radius 3 is 2.37 bits per heavy atom. The lowest BCUT2D eigenvalue weighted by Gasteiger charge is -2.12. The molecular formula is C18H14ClF2N3O3. The van der Waals surface area contributed by atoms with Crippen LogP contribution in [0.2, 0.25) is 5.02 Å². The minimum Gasteiger partial charge on any atom is -0.490 e. The van der Waals surface area contributed by atoms with Crippen molar-refractivity contribution in [1.82, 2.24) is 10.9 Å². The number of carbonyl (C=O) groups excluding carboxylic acids is 2. The molecule has 0 bridgehead atoms. The van der Waals surface area contributed by atoms with Crippen LogP contribution in [0.3, 0.4) is 0 Å². The first-order valence-corrected chi connectivity index (χ1v) is 8.06. The number of rotatable bonds is 4. The lowest BCUT2D eigenvalue weighted by Crippen LogP contribution is -2.41. The summed E-state index contributed by atoms with van der Waals surface area (Å²) in [5.74, 6) is -3.80. The monoisotopic (exact) mass is 393 g/mol. The summed E-state index contributed by atoms with van der Waals surface area (Å²) in [5, 5.41) is 8.85. The quantitative estimate of drug-likeness (QED) is 0.615. The summed E-state index contributed by atoms with van der Waals surface area (Å²) in [6.07, 6.45) is -0.156. The molecule has 2 aromatic carbocycles. The van der Waals surface area contributed by atoms with Crippen LogP contribution in [-0.2, 0) is 0 Å². The summed E-state index contributed by atoms with van der Waals surface area (Å²) in [4.78, 5) is 24.1. The molecule has 0 saturated carbocycles. The molecule has 0 aliphatic carbocycles. The molecule has 0 spiro atoms. The van der Waals surface area contributed by atoms with Gasteiger partial charge in [-0.1, -0.05) is 11.6 Å². The zero-order valence-corrected chi connectivity index (χ0v) is 15.0. The number of carbonyl (C=O) groups is 2. The van der Waals surface area contributed by atoms with Crippen LogP contribution in [-0.4, -0.2) is 17.9 Å². The van der Waals surface area contributed by atoms with Gasteiger partial charge in [-0.05, 0) is 44.2 Å². The van der Waals surface area contributed by atoms with Crippen LogP contribution in [0.5, 0.6) is 5.75 Å². The molecule has 0 heterocycles. The average Bonchev–Trinajstić information content (AvgIpc) is 2.62. The largest absolute Gasteiger partial charge is 0.490 e. The fraction of sp³-hybridized carbons (Fsp3) is 0.167. The predicted molar refractivity (Wildman–Crippen MR) is 93.2 cm³/mol.